The van der Waals surface area contributed by atoms with Gasteiger partial charge in [-0.1, -0.05) is 6.07 Å². The van der Waals surface area contributed by atoms with Crippen molar-refractivity contribution >= 4 is 37.4 Å². The average molecular weight is 371 g/mol. The third-order valence-electron chi connectivity index (χ3n) is 3.04. The van der Waals surface area contributed by atoms with Crippen molar-refractivity contribution < 1.29 is 23.1 Å². The van der Waals surface area contributed by atoms with Crippen molar-refractivity contribution in [2.45, 2.75) is 44.8 Å². The van der Waals surface area contributed by atoms with Crippen molar-refractivity contribution in [2.75, 3.05) is 0 Å². The summed E-state index contributed by atoms with van der Waals surface area (Å²) < 4.78 is 33.7. The van der Waals surface area contributed by atoms with E-state index >= 15 is 0 Å². The van der Waals surface area contributed by atoms with Crippen LogP contribution in [0.5, 0.6) is 0 Å². The normalized spacial score (nSPS) is 14.0. The molecule has 0 aliphatic rings. The summed E-state index contributed by atoms with van der Waals surface area (Å²) in [5, 5.41) is 11.9. The van der Waals surface area contributed by atoms with E-state index in [1.807, 2.05) is 23.6 Å². The zero-order chi connectivity index (χ0) is 18.0. The van der Waals surface area contributed by atoms with Crippen molar-refractivity contribution in [2.24, 2.45) is 0 Å². The highest BCUT2D eigenvalue weighted by atomic mass is 32.2. The van der Waals surface area contributed by atoms with Crippen molar-refractivity contribution in [3.05, 3.63) is 35.2 Å². The number of benzene rings is 1. The Morgan fingerprint density at radius 1 is 1.33 bits per heavy atom. The monoisotopic (exact) mass is 371 g/mol. The summed E-state index contributed by atoms with van der Waals surface area (Å²) in [6.07, 6.45) is -1.56. The van der Waals surface area contributed by atoms with E-state index in [9.17, 15) is 13.2 Å². The summed E-state index contributed by atoms with van der Waals surface area (Å²) in [6, 6.07) is 7.39. The van der Waals surface area contributed by atoms with Crippen LogP contribution in [0.15, 0.2) is 29.6 Å². The molecule has 0 amide bonds. The number of fused-ring (bicyclic) bond motifs is 1. The van der Waals surface area contributed by atoms with Crippen LogP contribution in [0, 0.1) is 0 Å². The molecule has 0 saturated carbocycles. The molecule has 1 aromatic heterocycles. The van der Waals surface area contributed by atoms with Gasteiger partial charge in [0.05, 0.1) is 17.8 Å². The number of nitrogens with one attached hydrogen (secondary N) is 1. The van der Waals surface area contributed by atoms with Gasteiger partial charge in [0.2, 0.25) is 10.0 Å². The van der Waals surface area contributed by atoms with E-state index in [2.05, 4.69) is 4.72 Å². The Morgan fingerprint density at radius 3 is 2.67 bits per heavy atom. The number of hydrogen-bond donors (Lipinski definition) is 2. The van der Waals surface area contributed by atoms with Gasteiger partial charge in [-0.05, 0) is 55.3 Å². The standard InChI is InChI=1S/C16H21NO5S2/c1-16(2,3)22-14(9-15(18)19)17-24(20,21)10-11-4-5-13-12(8-11)6-7-23-13/h4-8,14,17H,9-10H2,1-3H3,(H,18,19). The lowest BCUT2D eigenvalue weighted by molar-refractivity contribution is -0.143. The van der Waals surface area contributed by atoms with Gasteiger partial charge in [0, 0.05) is 4.70 Å². The molecule has 8 heteroatoms. The van der Waals surface area contributed by atoms with Gasteiger partial charge < -0.3 is 9.84 Å². The number of hydrogen-bond acceptors (Lipinski definition) is 5. The fraction of sp³-hybridized carbons (Fsp3) is 0.438. The molecule has 1 atom stereocenters. The van der Waals surface area contributed by atoms with Gasteiger partial charge in [-0.2, -0.15) is 4.72 Å². The third-order valence-corrected chi connectivity index (χ3v) is 5.27. The predicted molar refractivity (Wildman–Crippen MR) is 94.5 cm³/mol. The Kier molecular flexibility index (Phi) is 5.64. The first-order chi connectivity index (χ1) is 11.0. The number of carbonyl (C=O) groups is 1. The molecule has 0 aliphatic heterocycles. The Labute approximate surface area is 145 Å². The zero-order valence-corrected chi connectivity index (χ0v) is 15.4. The second-order valence-electron chi connectivity index (χ2n) is 6.49. The summed E-state index contributed by atoms with van der Waals surface area (Å²) in [5.74, 6) is -1.37. The maximum atomic E-state index is 12.4. The molecular formula is C16H21NO5S2. The summed E-state index contributed by atoms with van der Waals surface area (Å²) in [4.78, 5) is 10.9. The van der Waals surface area contributed by atoms with Gasteiger partial charge >= 0.3 is 5.97 Å². The first-order valence-electron chi connectivity index (χ1n) is 7.40. The number of sulfonamides is 1. The van der Waals surface area contributed by atoms with E-state index in [1.165, 1.54) is 0 Å². The van der Waals surface area contributed by atoms with E-state index in [1.54, 1.807) is 38.2 Å². The molecule has 1 aromatic carbocycles. The lowest BCUT2D eigenvalue weighted by atomic mass is 10.2. The van der Waals surface area contributed by atoms with Gasteiger partial charge in [-0.25, -0.2) is 8.42 Å². The van der Waals surface area contributed by atoms with Crippen LogP contribution in [-0.2, 0) is 25.3 Å². The minimum Gasteiger partial charge on any atom is -0.481 e. The maximum absolute atomic E-state index is 12.4. The Hall–Kier alpha value is -1.48. The second kappa shape index (κ2) is 7.18. The fourth-order valence-corrected chi connectivity index (χ4v) is 4.26. The Balaban J connectivity index is 2.13. The highest BCUT2D eigenvalue weighted by Gasteiger charge is 2.26. The molecule has 2 aromatic rings. The zero-order valence-electron chi connectivity index (χ0n) is 13.8. The van der Waals surface area contributed by atoms with Crippen molar-refractivity contribution in [3.63, 3.8) is 0 Å². The molecule has 1 unspecified atom stereocenters. The van der Waals surface area contributed by atoms with E-state index in [-0.39, 0.29) is 5.75 Å². The smallest absolute Gasteiger partial charge is 0.307 e. The highest BCUT2D eigenvalue weighted by Crippen LogP contribution is 2.22. The Bertz CT molecular complexity index is 820. The van der Waals surface area contributed by atoms with Crippen molar-refractivity contribution in [3.8, 4) is 0 Å². The molecule has 132 valence electrons. The average Bonchev–Trinajstić information content (AvgIpc) is 2.81. The second-order valence-corrected chi connectivity index (χ2v) is 9.19. The quantitative estimate of drug-likeness (QED) is 0.730. The molecule has 0 saturated heterocycles. The molecule has 0 fully saturated rings. The molecule has 6 nitrogen and oxygen atoms in total. The minimum atomic E-state index is -3.74. The maximum Gasteiger partial charge on any atom is 0.307 e. The molecule has 2 rings (SSSR count). The minimum absolute atomic E-state index is 0.234. The van der Waals surface area contributed by atoms with Crippen LogP contribution in [0.25, 0.3) is 10.1 Å². The van der Waals surface area contributed by atoms with E-state index in [0.29, 0.717) is 5.56 Å². The van der Waals surface area contributed by atoms with Gasteiger partial charge in [0.1, 0.15) is 6.23 Å². The van der Waals surface area contributed by atoms with E-state index in [0.717, 1.165) is 10.1 Å². The molecule has 0 radical (unpaired) electrons. The molecule has 0 aliphatic carbocycles. The largest absolute Gasteiger partial charge is 0.481 e. The van der Waals surface area contributed by atoms with Crippen LogP contribution in [0.4, 0.5) is 0 Å². The third kappa shape index (κ3) is 5.86. The predicted octanol–water partition coefficient (Wildman–Crippen LogP) is 2.94. The van der Waals surface area contributed by atoms with E-state index in [4.69, 9.17) is 9.84 Å². The molecular weight excluding hydrogens is 350 g/mol. The Morgan fingerprint density at radius 2 is 2.04 bits per heavy atom. The van der Waals surface area contributed by atoms with Crippen molar-refractivity contribution in [1.82, 2.24) is 4.72 Å². The first-order valence-corrected chi connectivity index (χ1v) is 9.93. The molecule has 2 N–H and O–H groups in total. The summed E-state index contributed by atoms with van der Waals surface area (Å²) in [5.41, 5.74) is -0.0312. The number of carboxylic acid groups (broad SMARTS) is 1. The van der Waals surface area contributed by atoms with Crippen LogP contribution in [0.3, 0.4) is 0 Å². The number of thiophene rings is 1. The SMILES string of the molecule is CC(C)(C)OC(CC(=O)O)NS(=O)(=O)Cc1ccc2sccc2c1. The molecule has 0 spiro atoms. The van der Waals surface area contributed by atoms with Crippen LogP contribution >= 0.6 is 11.3 Å². The number of ether oxygens (including phenoxy) is 1. The highest BCUT2D eigenvalue weighted by molar-refractivity contribution is 7.88. The number of rotatable bonds is 7. The van der Waals surface area contributed by atoms with Crippen LogP contribution in [0.1, 0.15) is 32.8 Å². The number of aliphatic carboxylic acids is 1. The topological polar surface area (TPSA) is 92.7 Å². The van der Waals surface area contributed by atoms with E-state index < -0.39 is 34.2 Å². The number of carboxylic acids is 1. The van der Waals surface area contributed by atoms with Crippen LogP contribution in [0.2, 0.25) is 0 Å². The van der Waals surface area contributed by atoms with Gasteiger partial charge in [-0.15, -0.1) is 11.3 Å². The molecule has 24 heavy (non-hydrogen) atoms. The summed E-state index contributed by atoms with van der Waals surface area (Å²) in [7, 11) is -3.74. The lowest BCUT2D eigenvalue weighted by Gasteiger charge is -2.27. The summed E-state index contributed by atoms with van der Waals surface area (Å²) >= 11 is 1.59. The lowest BCUT2D eigenvalue weighted by Crippen LogP contribution is -2.43. The fourth-order valence-electron chi connectivity index (χ4n) is 2.26. The van der Waals surface area contributed by atoms with Crippen molar-refractivity contribution in [1.29, 1.82) is 0 Å². The first kappa shape index (κ1) is 18.9. The van der Waals surface area contributed by atoms with Crippen LogP contribution < -0.4 is 4.72 Å². The summed E-state index contributed by atoms with van der Waals surface area (Å²) in [6.45, 7) is 5.21. The molecule has 0 bridgehead atoms. The van der Waals surface area contributed by atoms with Gasteiger partial charge in [0.15, 0.2) is 0 Å². The van der Waals surface area contributed by atoms with Crippen LogP contribution in [-0.4, -0.2) is 31.3 Å². The molecule has 1 heterocycles. The van der Waals surface area contributed by atoms with Gasteiger partial charge in [-0.3, -0.25) is 4.79 Å². The van der Waals surface area contributed by atoms with Gasteiger partial charge in [0.25, 0.3) is 0 Å².